The van der Waals surface area contributed by atoms with Crippen LogP contribution in [-0.2, 0) is 4.74 Å². The van der Waals surface area contributed by atoms with Crippen molar-refractivity contribution in [1.82, 2.24) is 5.32 Å². The summed E-state index contributed by atoms with van der Waals surface area (Å²) in [7, 11) is 1.65. The van der Waals surface area contributed by atoms with Crippen LogP contribution in [-0.4, -0.2) is 43.6 Å². The third-order valence-electron chi connectivity index (χ3n) is 2.77. The molecular formula is C10H22N2O2. The first-order valence-electron chi connectivity index (χ1n) is 5.37. The number of nitrogens with two attached hydrogens (primary N) is 1. The lowest BCUT2D eigenvalue weighted by molar-refractivity contribution is 0.117. The molecule has 0 heterocycles. The minimum atomic E-state index is 0.0512. The van der Waals surface area contributed by atoms with Crippen LogP contribution < -0.4 is 11.1 Å². The third-order valence-corrected chi connectivity index (χ3v) is 2.77. The van der Waals surface area contributed by atoms with Gasteiger partial charge in [-0.3, -0.25) is 0 Å². The van der Waals surface area contributed by atoms with Crippen molar-refractivity contribution in [3.05, 3.63) is 0 Å². The zero-order valence-electron chi connectivity index (χ0n) is 8.91. The lowest BCUT2D eigenvalue weighted by atomic mass is 9.91. The van der Waals surface area contributed by atoms with Gasteiger partial charge in [-0.1, -0.05) is 6.42 Å². The van der Waals surface area contributed by atoms with Crippen molar-refractivity contribution in [3.63, 3.8) is 0 Å². The maximum absolute atomic E-state index is 9.08. The van der Waals surface area contributed by atoms with Gasteiger partial charge in [-0.05, 0) is 19.3 Å². The average Bonchev–Trinajstić information content (AvgIpc) is 2.17. The van der Waals surface area contributed by atoms with Crippen molar-refractivity contribution in [2.75, 3.05) is 20.3 Å². The van der Waals surface area contributed by atoms with Gasteiger partial charge in [0, 0.05) is 19.2 Å². The molecule has 0 bridgehead atoms. The Labute approximate surface area is 85.8 Å². The van der Waals surface area contributed by atoms with Crippen LogP contribution >= 0.6 is 0 Å². The van der Waals surface area contributed by atoms with Gasteiger partial charge in [0.15, 0.2) is 0 Å². The first-order chi connectivity index (χ1) is 6.76. The van der Waals surface area contributed by atoms with E-state index in [2.05, 4.69) is 5.32 Å². The van der Waals surface area contributed by atoms with Crippen molar-refractivity contribution in [2.24, 2.45) is 5.73 Å². The highest BCUT2D eigenvalue weighted by Crippen LogP contribution is 2.17. The Kier molecular flexibility index (Phi) is 5.40. The summed E-state index contributed by atoms with van der Waals surface area (Å²) in [5.74, 6) is 0. The predicted molar refractivity (Wildman–Crippen MR) is 56.1 cm³/mol. The van der Waals surface area contributed by atoms with Crippen molar-refractivity contribution in [1.29, 1.82) is 0 Å². The molecule has 1 fully saturated rings. The second kappa shape index (κ2) is 6.35. The van der Waals surface area contributed by atoms with Crippen LogP contribution in [0.15, 0.2) is 0 Å². The van der Waals surface area contributed by atoms with E-state index in [1.807, 2.05) is 0 Å². The summed E-state index contributed by atoms with van der Waals surface area (Å²) in [6.07, 6.45) is 4.49. The summed E-state index contributed by atoms with van der Waals surface area (Å²) < 4.78 is 5.01. The number of nitrogens with one attached hydrogen (secondary N) is 1. The molecule has 1 aliphatic carbocycles. The molecule has 0 saturated heterocycles. The van der Waals surface area contributed by atoms with Gasteiger partial charge < -0.3 is 20.9 Å². The lowest BCUT2D eigenvalue weighted by Gasteiger charge is -2.30. The Morgan fingerprint density at radius 1 is 1.57 bits per heavy atom. The molecule has 84 valence electrons. The van der Waals surface area contributed by atoms with Crippen LogP contribution in [0.2, 0.25) is 0 Å². The molecule has 4 nitrogen and oxygen atoms in total. The van der Waals surface area contributed by atoms with Crippen molar-refractivity contribution in [2.45, 2.75) is 43.8 Å². The van der Waals surface area contributed by atoms with Gasteiger partial charge in [0.05, 0.1) is 19.3 Å². The quantitative estimate of drug-likeness (QED) is 0.580. The molecule has 1 aliphatic rings. The van der Waals surface area contributed by atoms with Crippen molar-refractivity contribution >= 4 is 0 Å². The predicted octanol–water partition coefficient (Wildman–Crippen LogP) is -0.147. The Balaban J connectivity index is 2.26. The molecule has 0 aromatic rings. The summed E-state index contributed by atoms with van der Waals surface area (Å²) >= 11 is 0. The Hall–Kier alpha value is -0.160. The van der Waals surface area contributed by atoms with Gasteiger partial charge in [0.2, 0.25) is 0 Å². The van der Waals surface area contributed by atoms with Crippen LogP contribution in [0.4, 0.5) is 0 Å². The molecule has 0 aromatic carbocycles. The van der Waals surface area contributed by atoms with Gasteiger partial charge in [0.1, 0.15) is 0 Å². The standard InChI is InChI=1S/C10H22N2O2/c1-14-7-10(6-13)12-9-4-2-3-8(11)5-9/h8-10,12-13H,2-7,11H2,1H3. The fourth-order valence-corrected chi connectivity index (χ4v) is 2.07. The Morgan fingerprint density at radius 3 is 2.93 bits per heavy atom. The Bertz CT molecular complexity index is 155. The molecule has 0 aromatic heterocycles. The largest absolute Gasteiger partial charge is 0.395 e. The number of hydrogen-bond acceptors (Lipinski definition) is 4. The molecule has 0 radical (unpaired) electrons. The van der Waals surface area contributed by atoms with E-state index in [4.69, 9.17) is 15.6 Å². The third kappa shape index (κ3) is 3.92. The van der Waals surface area contributed by atoms with Crippen LogP contribution in [0, 0.1) is 0 Å². The first kappa shape index (κ1) is 11.9. The smallest absolute Gasteiger partial charge is 0.0638 e. The number of aliphatic hydroxyl groups is 1. The van der Waals surface area contributed by atoms with E-state index < -0.39 is 0 Å². The molecule has 0 aliphatic heterocycles. The zero-order chi connectivity index (χ0) is 10.4. The SMILES string of the molecule is COCC(CO)NC1CCCC(N)C1. The van der Waals surface area contributed by atoms with Crippen LogP contribution in [0.5, 0.6) is 0 Å². The van der Waals surface area contributed by atoms with Crippen LogP contribution in [0.25, 0.3) is 0 Å². The van der Waals surface area contributed by atoms with Gasteiger partial charge in [-0.2, -0.15) is 0 Å². The summed E-state index contributed by atoms with van der Waals surface area (Å²) in [5.41, 5.74) is 5.88. The van der Waals surface area contributed by atoms with E-state index in [1.54, 1.807) is 7.11 Å². The Morgan fingerprint density at radius 2 is 2.36 bits per heavy atom. The van der Waals surface area contributed by atoms with Gasteiger partial charge in [-0.15, -0.1) is 0 Å². The molecular weight excluding hydrogens is 180 g/mol. The molecule has 1 saturated carbocycles. The van der Waals surface area contributed by atoms with E-state index in [1.165, 1.54) is 6.42 Å². The molecule has 3 unspecified atom stereocenters. The first-order valence-corrected chi connectivity index (χ1v) is 5.37. The fourth-order valence-electron chi connectivity index (χ4n) is 2.07. The number of ether oxygens (including phenoxy) is 1. The van der Waals surface area contributed by atoms with E-state index in [9.17, 15) is 0 Å². The molecule has 3 atom stereocenters. The maximum Gasteiger partial charge on any atom is 0.0638 e. The number of methoxy groups -OCH3 is 1. The highest BCUT2D eigenvalue weighted by atomic mass is 16.5. The zero-order valence-corrected chi connectivity index (χ0v) is 8.91. The maximum atomic E-state index is 9.08. The summed E-state index contributed by atoms with van der Waals surface area (Å²) in [4.78, 5) is 0. The minimum absolute atomic E-state index is 0.0512. The second-order valence-electron chi connectivity index (χ2n) is 4.13. The number of rotatable bonds is 5. The van der Waals surface area contributed by atoms with E-state index in [-0.39, 0.29) is 12.6 Å². The molecule has 1 rings (SSSR count). The summed E-state index contributed by atoms with van der Waals surface area (Å²) in [6, 6.07) is 0.824. The normalized spacial score (nSPS) is 30.2. The molecule has 14 heavy (non-hydrogen) atoms. The topological polar surface area (TPSA) is 67.5 Å². The molecule has 0 amide bonds. The molecule has 4 N–H and O–H groups in total. The minimum Gasteiger partial charge on any atom is -0.395 e. The second-order valence-corrected chi connectivity index (χ2v) is 4.13. The summed E-state index contributed by atoms with van der Waals surface area (Å²) in [5, 5.41) is 12.5. The molecule has 0 spiro atoms. The number of hydrogen-bond donors (Lipinski definition) is 3. The van der Waals surface area contributed by atoms with Crippen molar-refractivity contribution < 1.29 is 9.84 Å². The van der Waals surface area contributed by atoms with E-state index in [0.717, 1.165) is 19.3 Å². The average molecular weight is 202 g/mol. The molecule has 4 heteroatoms. The van der Waals surface area contributed by atoms with Crippen LogP contribution in [0.1, 0.15) is 25.7 Å². The van der Waals surface area contributed by atoms with Gasteiger partial charge >= 0.3 is 0 Å². The lowest BCUT2D eigenvalue weighted by Crippen LogP contribution is -2.47. The number of aliphatic hydroxyl groups excluding tert-OH is 1. The van der Waals surface area contributed by atoms with Crippen molar-refractivity contribution in [3.8, 4) is 0 Å². The van der Waals surface area contributed by atoms with Gasteiger partial charge in [-0.25, -0.2) is 0 Å². The van der Waals surface area contributed by atoms with Crippen LogP contribution in [0.3, 0.4) is 0 Å². The highest BCUT2D eigenvalue weighted by Gasteiger charge is 2.21. The fraction of sp³-hybridized carbons (Fsp3) is 1.00. The highest BCUT2D eigenvalue weighted by molar-refractivity contribution is 4.82. The monoisotopic (exact) mass is 202 g/mol. The summed E-state index contributed by atoms with van der Waals surface area (Å²) in [6.45, 7) is 0.682. The van der Waals surface area contributed by atoms with E-state index >= 15 is 0 Å². The van der Waals surface area contributed by atoms with Gasteiger partial charge in [0.25, 0.3) is 0 Å². The van der Waals surface area contributed by atoms with E-state index in [0.29, 0.717) is 18.7 Å².